The SMILES string of the molecule is CCc1cc(=O)oc2cc(OC(=O)CCNS(=O)(=O)c3ccc(C)cc3)ccc12. The first-order valence-corrected chi connectivity index (χ1v) is 10.6. The standard InChI is InChI=1S/C21H21NO6S/c1-3-15-12-21(24)28-19-13-16(6-9-18(15)19)27-20(23)10-11-22-29(25,26)17-7-4-14(2)5-8-17/h4-9,12-13,22H,3,10-11H2,1-2H3. The summed E-state index contributed by atoms with van der Waals surface area (Å²) in [6.45, 7) is 3.69. The summed E-state index contributed by atoms with van der Waals surface area (Å²) < 4.78 is 37.2. The first kappa shape index (κ1) is 20.8. The van der Waals surface area contributed by atoms with E-state index in [-0.39, 0.29) is 23.6 Å². The Balaban J connectivity index is 1.62. The van der Waals surface area contributed by atoms with E-state index in [0.29, 0.717) is 12.0 Å². The third-order valence-electron chi connectivity index (χ3n) is 4.37. The lowest BCUT2D eigenvalue weighted by Crippen LogP contribution is -2.27. The molecule has 1 aromatic heterocycles. The van der Waals surface area contributed by atoms with Gasteiger partial charge in [-0.15, -0.1) is 0 Å². The van der Waals surface area contributed by atoms with Crippen LogP contribution >= 0.6 is 0 Å². The number of esters is 1. The van der Waals surface area contributed by atoms with Crippen LogP contribution in [0.25, 0.3) is 11.0 Å². The number of fused-ring (bicyclic) bond motifs is 1. The van der Waals surface area contributed by atoms with E-state index in [2.05, 4.69) is 4.72 Å². The molecule has 7 nitrogen and oxygen atoms in total. The fourth-order valence-electron chi connectivity index (χ4n) is 2.84. The predicted octanol–water partition coefficient (Wildman–Crippen LogP) is 2.94. The van der Waals surface area contributed by atoms with Crippen molar-refractivity contribution in [3.63, 3.8) is 0 Å². The highest BCUT2D eigenvalue weighted by atomic mass is 32.2. The molecule has 29 heavy (non-hydrogen) atoms. The molecule has 0 aliphatic heterocycles. The zero-order valence-electron chi connectivity index (χ0n) is 16.1. The molecule has 2 aromatic carbocycles. The Kier molecular flexibility index (Phi) is 6.14. The molecule has 0 unspecified atom stereocenters. The van der Waals surface area contributed by atoms with Crippen molar-refractivity contribution in [3.05, 3.63) is 70.1 Å². The van der Waals surface area contributed by atoms with Gasteiger partial charge in [-0.25, -0.2) is 17.9 Å². The van der Waals surface area contributed by atoms with E-state index in [0.717, 1.165) is 16.5 Å². The molecule has 0 saturated heterocycles. The zero-order chi connectivity index (χ0) is 21.0. The highest BCUT2D eigenvalue weighted by molar-refractivity contribution is 7.89. The topological polar surface area (TPSA) is 103 Å². The molecule has 1 N–H and O–H groups in total. The van der Waals surface area contributed by atoms with Gasteiger partial charge in [0.15, 0.2) is 0 Å². The van der Waals surface area contributed by atoms with Crippen LogP contribution in [0.4, 0.5) is 0 Å². The lowest BCUT2D eigenvalue weighted by atomic mass is 10.1. The Morgan fingerprint density at radius 3 is 2.52 bits per heavy atom. The molecule has 8 heteroatoms. The lowest BCUT2D eigenvalue weighted by molar-refractivity contribution is -0.134. The molecular weight excluding hydrogens is 394 g/mol. The van der Waals surface area contributed by atoms with Gasteiger partial charge >= 0.3 is 11.6 Å². The monoisotopic (exact) mass is 415 g/mol. The Morgan fingerprint density at radius 2 is 1.83 bits per heavy atom. The van der Waals surface area contributed by atoms with Crippen molar-refractivity contribution in [2.45, 2.75) is 31.6 Å². The third-order valence-corrected chi connectivity index (χ3v) is 5.84. The Hall–Kier alpha value is -2.97. The molecule has 0 aliphatic rings. The second-order valence-corrected chi connectivity index (χ2v) is 8.30. The lowest BCUT2D eigenvalue weighted by Gasteiger charge is -2.08. The minimum absolute atomic E-state index is 0.0995. The smallest absolute Gasteiger partial charge is 0.336 e. The predicted molar refractivity (Wildman–Crippen MR) is 108 cm³/mol. The van der Waals surface area contributed by atoms with Gasteiger partial charge in [0.25, 0.3) is 0 Å². The second kappa shape index (κ2) is 8.59. The number of nitrogens with one attached hydrogen (secondary N) is 1. The summed E-state index contributed by atoms with van der Waals surface area (Å²) >= 11 is 0. The van der Waals surface area contributed by atoms with Crippen LogP contribution in [-0.4, -0.2) is 20.9 Å². The number of carbonyl (C=O) groups excluding carboxylic acids is 1. The molecule has 0 aliphatic carbocycles. The van der Waals surface area contributed by atoms with Gasteiger partial charge in [0.1, 0.15) is 11.3 Å². The number of aryl methyl sites for hydroxylation is 2. The van der Waals surface area contributed by atoms with Gasteiger partial charge in [-0.1, -0.05) is 24.6 Å². The third kappa shape index (κ3) is 5.10. The van der Waals surface area contributed by atoms with Gasteiger partial charge in [-0.3, -0.25) is 4.79 Å². The number of sulfonamides is 1. The van der Waals surface area contributed by atoms with E-state index < -0.39 is 21.6 Å². The second-order valence-electron chi connectivity index (χ2n) is 6.54. The summed E-state index contributed by atoms with van der Waals surface area (Å²) in [5.74, 6) is -0.384. The van der Waals surface area contributed by atoms with Crippen LogP contribution in [0, 0.1) is 6.92 Å². The molecule has 3 rings (SSSR count). The van der Waals surface area contributed by atoms with Gasteiger partial charge in [0.05, 0.1) is 11.3 Å². The molecule has 0 radical (unpaired) electrons. The minimum atomic E-state index is -3.69. The van der Waals surface area contributed by atoms with Gasteiger partial charge in [0, 0.05) is 24.1 Å². The van der Waals surface area contributed by atoms with E-state index in [4.69, 9.17) is 9.15 Å². The molecule has 152 valence electrons. The van der Waals surface area contributed by atoms with Gasteiger partial charge < -0.3 is 9.15 Å². The van der Waals surface area contributed by atoms with Crippen LogP contribution < -0.4 is 15.1 Å². The molecule has 3 aromatic rings. The summed E-state index contributed by atoms with van der Waals surface area (Å²) in [5.41, 5.74) is 1.66. The van der Waals surface area contributed by atoms with E-state index in [9.17, 15) is 18.0 Å². The van der Waals surface area contributed by atoms with Crippen molar-refractivity contribution >= 4 is 27.0 Å². The van der Waals surface area contributed by atoms with Crippen molar-refractivity contribution in [1.82, 2.24) is 4.72 Å². The Labute approximate surface area is 168 Å². The van der Waals surface area contributed by atoms with Gasteiger partial charge in [0.2, 0.25) is 10.0 Å². The van der Waals surface area contributed by atoms with Crippen LogP contribution in [0.5, 0.6) is 5.75 Å². The normalized spacial score (nSPS) is 11.5. The number of rotatable bonds is 7. The van der Waals surface area contributed by atoms with Gasteiger partial charge in [-0.05, 0) is 43.2 Å². The van der Waals surface area contributed by atoms with Crippen molar-refractivity contribution in [1.29, 1.82) is 0 Å². The van der Waals surface area contributed by atoms with Crippen LogP contribution in [0.2, 0.25) is 0 Å². The largest absolute Gasteiger partial charge is 0.426 e. The molecule has 0 fully saturated rings. The molecule has 0 saturated carbocycles. The average Bonchev–Trinajstić information content (AvgIpc) is 2.67. The Morgan fingerprint density at radius 1 is 1.10 bits per heavy atom. The van der Waals surface area contributed by atoms with E-state index in [1.54, 1.807) is 24.3 Å². The van der Waals surface area contributed by atoms with Crippen molar-refractivity contribution < 1.29 is 22.4 Å². The molecule has 0 amide bonds. The van der Waals surface area contributed by atoms with E-state index in [1.807, 2.05) is 13.8 Å². The summed E-state index contributed by atoms with van der Waals surface area (Å²) in [6.07, 6.45) is 0.518. The van der Waals surface area contributed by atoms with Gasteiger partial charge in [-0.2, -0.15) is 0 Å². The van der Waals surface area contributed by atoms with E-state index in [1.165, 1.54) is 24.3 Å². The van der Waals surface area contributed by atoms with Crippen molar-refractivity contribution in [2.75, 3.05) is 6.54 Å². The minimum Gasteiger partial charge on any atom is -0.426 e. The highest BCUT2D eigenvalue weighted by Gasteiger charge is 2.15. The van der Waals surface area contributed by atoms with Crippen molar-refractivity contribution in [2.24, 2.45) is 0 Å². The summed E-state index contributed by atoms with van der Waals surface area (Å²) in [7, 11) is -3.69. The summed E-state index contributed by atoms with van der Waals surface area (Å²) in [5, 5.41) is 0.776. The molecule has 0 atom stereocenters. The number of ether oxygens (including phenoxy) is 1. The van der Waals surface area contributed by atoms with Crippen LogP contribution in [0.3, 0.4) is 0 Å². The summed E-state index contributed by atoms with van der Waals surface area (Å²) in [6, 6.07) is 12.6. The molecule has 0 bridgehead atoms. The maximum Gasteiger partial charge on any atom is 0.336 e. The fourth-order valence-corrected chi connectivity index (χ4v) is 3.87. The average molecular weight is 415 g/mol. The van der Waals surface area contributed by atoms with Crippen LogP contribution in [-0.2, 0) is 21.2 Å². The number of benzene rings is 2. The maximum absolute atomic E-state index is 12.2. The zero-order valence-corrected chi connectivity index (χ0v) is 16.9. The first-order chi connectivity index (χ1) is 13.8. The Bertz CT molecular complexity index is 1200. The van der Waals surface area contributed by atoms with E-state index >= 15 is 0 Å². The summed E-state index contributed by atoms with van der Waals surface area (Å²) in [4.78, 5) is 23.8. The maximum atomic E-state index is 12.2. The van der Waals surface area contributed by atoms with Crippen LogP contribution in [0.1, 0.15) is 24.5 Å². The quantitative estimate of drug-likeness (QED) is 0.362. The first-order valence-electron chi connectivity index (χ1n) is 9.12. The number of hydrogen-bond acceptors (Lipinski definition) is 6. The molecule has 0 spiro atoms. The molecule has 1 heterocycles. The van der Waals surface area contributed by atoms with Crippen molar-refractivity contribution in [3.8, 4) is 5.75 Å². The van der Waals surface area contributed by atoms with Crippen LogP contribution in [0.15, 0.2) is 62.6 Å². The highest BCUT2D eigenvalue weighted by Crippen LogP contribution is 2.23. The number of hydrogen-bond donors (Lipinski definition) is 1. The molecular formula is C21H21NO6S. The number of carbonyl (C=O) groups is 1. The fraction of sp³-hybridized carbons (Fsp3) is 0.238.